The minimum Gasteiger partial charge on any atom is -0.487 e. The van der Waals surface area contributed by atoms with Crippen LogP contribution in [0.1, 0.15) is 39.6 Å². The van der Waals surface area contributed by atoms with Gasteiger partial charge in [0.05, 0.1) is 12.8 Å². The summed E-state index contributed by atoms with van der Waals surface area (Å²) in [4.78, 5) is 28.5. The molecule has 0 aliphatic carbocycles. The molecule has 8 nitrogen and oxygen atoms in total. The maximum atomic E-state index is 12.1. The largest absolute Gasteiger partial charge is 0.487 e. The molecule has 0 spiro atoms. The maximum Gasteiger partial charge on any atom is 0.356 e. The van der Waals surface area contributed by atoms with Gasteiger partial charge in [-0.05, 0) is 29.8 Å². The van der Waals surface area contributed by atoms with E-state index >= 15 is 0 Å². The molecular formula is C20H18N4O4. The molecule has 4 rings (SSSR count). The zero-order chi connectivity index (χ0) is 19.5. The van der Waals surface area contributed by atoms with Crippen LogP contribution in [-0.2, 0) is 16.1 Å². The Bertz CT molecular complexity index is 1020. The van der Waals surface area contributed by atoms with Crippen LogP contribution in [0.3, 0.4) is 0 Å². The summed E-state index contributed by atoms with van der Waals surface area (Å²) in [6.45, 7) is 0.333. The number of esters is 1. The van der Waals surface area contributed by atoms with E-state index in [4.69, 9.17) is 9.47 Å². The van der Waals surface area contributed by atoms with Gasteiger partial charge < -0.3 is 14.8 Å². The van der Waals surface area contributed by atoms with Gasteiger partial charge in [-0.3, -0.25) is 14.9 Å². The Morgan fingerprint density at radius 2 is 2.14 bits per heavy atom. The second-order valence-corrected chi connectivity index (χ2v) is 6.34. The Morgan fingerprint density at radius 3 is 2.93 bits per heavy atom. The molecule has 1 aromatic carbocycles. The summed E-state index contributed by atoms with van der Waals surface area (Å²) in [6, 6.07) is 13.1. The fraction of sp³-hybridized carbons (Fsp3) is 0.200. The van der Waals surface area contributed by atoms with Crippen molar-refractivity contribution in [2.45, 2.75) is 18.9 Å². The number of carbonyl (C=O) groups is 2. The Kier molecular flexibility index (Phi) is 4.76. The van der Waals surface area contributed by atoms with Crippen LogP contribution < -0.4 is 10.1 Å². The number of rotatable bonds is 5. The molecule has 2 aromatic heterocycles. The van der Waals surface area contributed by atoms with Crippen molar-refractivity contribution >= 4 is 17.7 Å². The molecule has 0 saturated heterocycles. The number of nitrogens with one attached hydrogen (secondary N) is 2. The first-order chi connectivity index (χ1) is 13.7. The summed E-state index contributed by atoms with van der Waals surface area (Å²) in [5.41, 5.74) is 2.52. The molecule has 1 aliphatic rings. The Hall–Kier alpha value is -3.68. The van der Waals surface area contributed by atoms with Crippen LogP contribution in [-0.4, -0.2) is 34.2 Å². The number of nitrogens with zero attached hydrogens (tertiary/aromatic N) is 2. The average molecular weight is 378 g/mol. The normalized spacial score (nSPS) is 15.5. The molecule has 0 saturated carbocycles. The van der Waals surface area contributed by atoms with Crippen LogP contribution in [0.5, 0.6) is 5.75 Å². The minimum atomic E-state index is -0.530. The summed E-state index contributed by atoms with van der Waals surface area (Å²) in [5.74, 6) is -0.0343. The Labute approximate surface area is 160 Å². The second kappa shape index (κ2) is 7.51. The van der Waals surface area contributed by atoms with Crippen LogP contribution in [0, 0.1) is 0 Å². The third-order valence-electron chi connectivity index (χ3n) is 4.56. The summed E-state index contributed by atoms with van der Waals surface area (Å²) in [6.07, 6.45) is 1.91. The van der Waals surface area contributed by atoms with E-state index in [2.05, 4.69) is 20.5 Å². The Balaban J connectivity index is 1.63. The van der Waals surface area contributed by atoms with Crippen LogP contribution in [0.25, 0.3) is 0 Å². The molecular weight excluding hydrogens is 360 g/mol. The van der Waals surface area contributed by atoms with E-state index in [0.29, 0.717) is 23.7 Å². The highest BCUT2D eigenvalue weighted by atomic mass is 16.5. The number of fused-ring (bicyclic) bond motifs is 1. The number of amides is 1. The number of aromatic amines is 1. The fourth-order valence-electron chi connectivity index (χ4n) is 3.26. The van der Waals surface area contributed by atoms with Crippen molar-refractivity contribution in [1.29, 1.82) is 0 Å². The van der Waals surface area contributed by atoms with Gasteiger partial charge in [-0.2, -0.15) is 5.10 Å². The molecule has 1 amide bonds. The molecule has 1 atom stereocenters. The van der Waals surface area contributed by atoms with Crippen molar-refractivity contribution < 1.29 is 19.1 Å². The van der Waals surface area contributed by atoms with E-state index in [-0.39, 0.29) is 23.9 Å². The number of H-pyrrole nitrogens is 1. The third kappa shape index (κ3) is 3.44. The number of ether oxygens (including phenoxy) is 2. The summed E-state index contributed by atoms with van der Waals surface area (Å²) in [5, 5.41) is 9.41. The molecule has 1 aliphatic heterocycles. The highest BCUT2D eigenvalue weighted by Gasteiger charge is 2.34. The van der Waals surface area contributed by atoms with Crippen molar-refractivity contribution in [2.24, 2.45) is 0 Å². The molecule has 1 unspecified atom stereocenters. The van der Waals surface area contributed by atoms with Gasteiger partial charge >= 0.3 is 5.97 Å². The lowest BCUT2D eigenvalue weighted by Crippen LogP contribution is -2.24. The van der Waals surface area contributed by atoms with Crippen LogP contribution >= 0.6 is 0 Å². The van der Waals surface area contributed by atoms with Crippen LogP contribution in [0.15, 0.2) is 48.7 Å². The summed E-state index contributed by atoms with van der Waals surface area (Å²) < 4.78 is 10.7. The lowest BCUT2D eigenvalue weighted by Gasteiger charge is -2.23. The molecule has 3 aromatic rings. The van der Waals surface area contributed by atoms with Gasteiger partial charge in [0.1, 0.15) is 18.1 Å². The molecule has 28 heavy (non-hydrogen) atoms. The highest BCUT2D eigenvalue weighted by molar-refractivity contribution is 5.98. The van der Waals surface area contributed by atoms with Crippen molar-refractivity contribution in [3.05, 3.63) is 71.2 Å². The van der Waals surface area contributed by atoms with Crippen LogP contribution in [0.4, 0.5) is 5.82 Å². The first-order valence-corrected chi connectivity index (χ1v) is 8.75. The quantitative estimate of drug-likeness (QED) is 0.661. The van der Waals surface area contributed by atoms with E-state index in [0.717, 1.165) is 11.3 Å². The molecule has 2 N–H and O–H groups in total. The zero-order valence-electron chi connectivity index (χ0n) is 15.1. The van der Waals surface area contributed by atoms with Gasteiger partial charge in [-0.25, -0.2) is 4.79 Å². The molecule has 0 fully saturated rings. The molecule has 0 radical (unpaired) electrons. The predicted octanol–water partition coefficient (Wildman–Crippen LogP) is 2.64. The minimum absolute atomic E-state index is 0.166. The molecule has 142 valence electrons. The van der Waals surface area contributed by atoms with E-state index in [1.165, 1.54) is 7.11 Å². The smallest absolute Gasteiger partial charge is 0.356 e. The van der Waals surface area contributed by atoms with Crippen molar-refractivity contribution in [3.63, 3.8) is 0 Å². The third-order valence-corrected chi connectivity index (χ3v) is 4.56. The van der Waals surface area contributed by atoms with Gasteiger partial charge in [0.2, 0.25) is 5.91 Å². The average Bonchev–Trinajstić information content (AvgIpc) is 3.16. The van der Waals surface area contributed by atoms with Crippen molar-refractivity contribution in [3.8, 4) is 5.75 Å². The number of anilines is 1. The number of aromatic nitrogens is 3. The van der Waals surface area contributed by atoms with Crippen molar-refractivity contribution in [2.75, 3.05) is 12.4 Å². The predicted molar refractivity (Wildman–Crippen MR) is 100 cm³/mol. The number of carbonyl (C=O) groups excluding carboxylic acids is 2. The zero-order valence-corrected chi connectivity index (χ0v) is 15.1. The first-order valence-electron chi connectivity index (χ1n) is 8.75. The first kappa shape index (κ1) is 17.7. The number of hydrogen-bond donors (Lipinski definition) is 2. The lowest BCUT2D eigenvalue weighted by atomic mass is 9.85. The van der Waals surface area contributed by atoms with Gasteiger partial charge in [0.25, 0.3) is 0 Å². The standard InChI is InChI=1S/C20H18N4O4/c1-27-20(26)18-17-15(10-16(25)22-19(17)24-23-18)12-5-4-7-14(9-12)28-11-13-6-2-3-8-21-13/h2-9,15H,10-11H2,1H3,(H2,22,23,24,25). The van der Waals surface area contributed by atoms with Gasteiger partial charge in [0.15, 0.2) is 5.82 Å². The SMILES string of the molecule is COC(=O)c1[nH]nc2c1C(c1cccc(OCc3ccccn3)c1)CC(=O)N2. The number of methoxy groups -OCH3 is 1. The molecule has 3 heterocycles. The lowest BCUT2D eigenvalue weighted by molar-refractivity contribution is -0.116. The number of hydrogen-bond acceptors (Lipinski definition) is 6. The van der Waals surface area contributed by atoms with Crippen LogP contribution in [0.2, 0.25) is 0 Å². The summed E-state index contributed by atoms with van der Waals surface area (Å²) in [7, 11) is 1.30. The van der Waals surface area contributed by atoms with Crippen molar-refractivity contribution in [1.82, 2.24) is 15.2 Å². The second-order valence-electron chi connectivity index (χ2n) is 6.34. The molecule has 8 heteroatoms. The van der Waals surface area contributed by atoms with E-state index in [1.807, 2.05) is 42.5 Å². The monoisotopic (exact) mass is 378 g/mol. The maximum absolute atomic E-state index is 12.1. The van der Waals surface area contributed by atoms with Gasteiger partial charge in [-0.15, -0.1) is 0 Å². The van der Waals surface area contributed by atoms with E-state index in [9.17, 15) is 9.59 Å². The fourth-order valence-corrected chi connectivity index (χ4v) is 3.26. The molecule has 0 bridgehead atoms. The number of benzene rings is 1. The summed E-state index contributed by atoms with van der Waals surface area (Å²) >= 11 is 0. The van der Waals surface area contributed by atoms with Gasteiger partial charge in [0, 0.05) is 24.1 Å². The number of pyridine rings is 1. The van der Waals surface area contributed by atoms with E-state index < -0.39 is 5.97 Å². The van der Waals surface area contributed by atoms with E-state index in [1.54, 1.807) is 6.20 Å². The highest BCUT2D eigenvalue weighted by Crippen LogP contribution is 2.39. The van der Waals surface area contributed by atoms with Gasteiger partial charge in [-0.1, -0.05) is 18.2 Å². The topological polar surface area (TPSA) is 106 Å². The Morgan fingerprint density at radius 1 is 1.25 bits per heavy atom.